The fraction of sp³-hybridized carbons (Fsp3) is 0.222. The number of hydrogen-bond acceptors (Lipinski definition) is 2. The first kappa shape index (κ1) is 11.0. The summed E-state index contributed by atoms with van der Waals surface area (Å²) >= 11 is 5.60. The Hall–Kier alpha value is -0.100. The van der Waals surface area contributed by atoms with Crippen molar-refractivity contribution in [3.63, 3.8) is 0 Å². The molecule has 13 heavy (non-hydrogen) atoms. The monoisotopic (exact) mass is 354 g/mol. The number of ether oxygens (including phenoxy) is 1. The fourth-order valence-corrected chi connectivity index (χ4v) is 1.83. The van der Waals surface area contributed by atoms with E-state index in [2.05, 4.69) is 43.3 Å². The minimum Gasteiger partial charge on any atom is -0.465 e. The van der Waals surface area contributed by atoms with Crippen molar-refractivity contribution < 1.29 is 9.53 Å². The van der Waals surface area contributed by atoms with E-state index in [-0.39, 0.29) is 5.97 Å². The van der Waals surface area contributed by atoms with Crippen LogP contribution in [0, 0.1) is 10.5 Å². The van der Waals surface area contributed by atoms with Crippen molar-refractivity contribution in [2.45, 2.75) is 6.92 Å². The van der Waals surface area contributed by atoms with Gasteiger partial charge in [0.15, 0.2) is 0 Å². The van der Waals surface area contributed by atoms with Gasteiger partial charge in [-0.1, -0.05) is 0 Å². The van der Waals surface area contributed by atoms with Crippen molar-refractivity contribution in [3.05, 3.63) is 31.3 Å². The number of benzene rings is 1. The van der Waals surface area contributed by atoms with E-state index in [1.165, 1.54) is 7.11 Å². The van der Waals surface area contributed by atoms with Crippen LogP contribution in [0.15, 0.2) is 16.6 Å². The van der Waals surface area contributed by atoms with Gasteiger partial charge in [-0.2, -0.15) is 0 Å². The molecule has 2 nitrogen and oxygen atoms in total. The molecule has 1 rings (SSSR count). The Balaban J connectivity index is 3.20. The van der Waals surface area contributed by atoms with E-state index < -0.39 is 0 Å². The van der Waals surface area contributed by atoms with Gasteiger partial charge in [0, 0.05) is 8.04 Å². The smallest absolute Gasteiger partial charge is 0.337 e. The summed E-state index contributed by atoms with van der Waals surface area (Å²) in [6, 6.07) is 3.58. The second-order valence-corrected chi connectivity index (χ2v) is 4.51. The Morgan fingerprint density at radius 3 is 2.62 bits per heavy atom. The molecule has 0 heterocycles. The van der Waals surface area contributed by atoms with Crippen molar-refractivity contribution in [1.82, 2.24) is 0 Å². The van der Waals surface area contributed by atoms with Crippen LogP contribution >= 0.6 is 38.5 Å². The maximum absolute atomic E-state index is 11.2. The molecular formula is C9H8BrIO2. The average molecular weight is 355 g/mol. The van der Waals surface area contributed by atoms with Gasteiger partial charge in [-0.15, -0.1) is 0 Å². The first-order valence-electron chi connectivity index (χ1n) is 3.60. The number of methoxy groups -OCH3 is 1. The zero-order valence-electron chi connectivity index (χ0n) is 7.23. The Bertz CT molecular complexity index is 326. The summed E-state index contributed by atoms with van der Waals surface area (Å²) in [5.41, 5.74) is 1.64. The molecule has 0 aliphatic carbocycles. The highest BCUT2D eigenvalue weighted by atomic mass is 127. The fourth-order valence-electron chi connectivity index (χ4n) is 0.962. The summed E-state index contributed by atoms with van der Waals surface area (Å²) in [6.07, 6.45) is 0. The predicted molar refractivity (Wildman–Crippen MR) is 62.9 cm³/mol. The van der Waals surface area contributed by atoms with Gasteiger partial charge in [-0.05, 0) is 63.1 Å². The largest absolute Gasteiger partial charge is 0.465 e. The van der Waals surface area contributed by atoms with Crippen LogP contribution in [0.1, 0.15) is 15.9 Å². The van der Waals surface area contributed by atoms with Crippen molar-refractivity contribution in [1.29, 1.82) is 0 Å². The maximum Gasteiger partial charge on any atom is 0.337 e. The van der Waals surface area contributed by atoms with Gasteiger partial charge >= 0.3 is 5.97 Å². The molecule has 0 amide bonds. The Labute approximate surface area is 98.9 Å². The number of halogens is 2. The number of hydrogen-bond donors (Lipinski definition) is 0. The third kappa shape index (κ3) is 2.43. The van der Waals surface area contributed by atoms with E-state index in [1.807, 2.05) is 13.0 Å². The standard InChI is InChI=1S/C9H8BrIO2/c1-5-3-6(9(12)13-2)4-7(10)8(5)11/h3-4H,1-2H3. The number of carbonyl (C=O) groups is 1. The number of aryl methyl sites for hydroxylation is 1. The van der Waals surface area contributed by atoms with Crippen LogP contribution in [-0.2, 0) is 4.74 Å². The summed E-state index contributed by atoms with van der Waals surface area (Å²) < 4.78 is 6.66. The second kappa shape index (κ2) is 4.41. The second-order valence-electron chi connectivity index (χ2n) is 2.58. The normalized spacial score (nSPS) is 9.85. The highest BCUT2D eigenvalue weighted by Gasteiger charge is 2.09. The van der Waals surface area contributed by atoms with Gasteiger partial charge in [0.05, 0.1) is 12.7 Å². The van der Waals surface area contributed by atoms with Crippen LogP contribution in [0.3, 0.4) is 0 Å². The van der Waals surface area contributed by atoms with Crippen LogP contribution in [0.2, 0.25) is 0 Å². The summed E-state index contributed by atoms with van der Waals surface area (Å²) in [4.78, 5) is 11.2. The van der Waals surface area contributed by atoms with E-state index in [1.54, 1.807) is 6.07 Å². The topological polar surface area (TPSA) is 26.3 Å². The SMILES string of the molecule is COC(=O)c1cc(C)c(I)c(Br)c1. The van der Waals surface area contributed by atoms with Gasteiger partial charge in [-0.3, -0.25) is 0 Å². The summed E-state index contributed by atoms with van der Waals surface area (Å²) in [5, 5.41) is 0. The first-order chi connectivity index (χ1) is 6.06. The van der Waals surface area contributed by atoms with E-state index in [4.69, 9.17) is 0 Å². The van der Waals surface area contributed by atoms with Gasteiger partial charge in [0.1, 0.15) is 0 Å². The number of rotatable bonds is 1. The van der Waals surface area contributed by atoms with E-state index >= 15 is 0 Å². The third-order valence-electron chi connectivity index (χ3n) is 1.63. The molecule has 70 valence electrons. The molecule has 0 aliphatic heterocycles. The quantitative estimate of drug-likeness (QED) is 0.572. The summed E-state index contributed by atoms with van der Waals surface area (Å²) in [7, 11) is 1.38. The highest BCUT2D eigenvalue weighted by molar-refractivity contribution is 14.1. The molecule has 1 aromatic rings. The molecule has 0 unspecified atom stereocenters. The minimum atomic E-state index is -0.305. The molecule has 0 spiro atoms. The molecule has 0 saturated carbocycles. The molecule has 0 fully saturated rings. The molecule has 0 radical (unpaired) electrons. The number of carbonyl (C=O) groups excluding carboxylic acids is 1. The van der Waals surface area contributed by atoms with Gasteiger partial charge < -0.3 is 4.74 Å². The molecule has 0 bridgehead atoms. The van der Waals surface area contributed by atoms with Crippen LogP contribution in [0.5, 0.6) is 0 Å². The molecule has 0 atom stereocenters. The molecule has 4 heteroatoms. The zero-order chi connectivity index (χ0) is 10.0. The lowest BCUT2D eigenvalue weighted by molar-refractivity contribution is 0.0600. The molecule has 0 aromatic heterocycles. The Morgan fingerprint density at radius 1 is 1.54 bits per heavy atom. The Kier molecular flexibility index (Phi) is 3.73. The van der Waals surface area contributed by atoms with Gasteiger partial charge in [-0.25, -0.2) is 4.79 Å². The van der Waals surface area contributed by atoms with Gasteiger partial charge in [0.25, 0.3) is 0 Å². The maximum atomic E-state index is 11.2. The summed E-state index contributed by atoms with van der Waals surface area (Å²) in [5.74, 6) is -0.305. The molecule has 1 aromatic carbocycles. The van der Waals surface area contributed by atoms with E-state index in [0.717, 1.165) is 13.6 Å². The lowest BCUT2D eigenvalue weighted by Crippen LogP contribution is -2.02. The van der Waals surface area contributed by atoms with Crippen molar-refractivity contribution >= 4 is 44.5 Å². The molecular weight excluding hydrogens is 347 g/mol. The number of esters is 1. The van der Waals surface area contributed by atoms with Crippen LogP contribution in [-0.4, -0.2) is 13.1 Å². The lowest BCUT2D eigenvalue weighted by Gasteiger charge is -2.04. The van der Waals surface area contributed by atoms with Crippen LogP contribution in [0.4, 0.5) is 0 Å². The zero-order valence-corrected chi connectivity index (χ0v) is 11.0. The first-order valence-corrected chi connectivity index (χ1v) is 5.47. The van der Waals surface area contributed by atoms with E-state index in [0.29, 0.717) is 5.56 Å². The van der Waals surface area contributed by atoms with Crippen molar-refractivity contribution in [3.8, 4) is 0 Å². The lowest BCUT2D eigenvalue weighted by atomic mass is 10.1. The van der Waals surface area contributed by atoms with Crippen LogP contribution < -0.4 is 0 Å². The Morgan fingerprint density at radius 2 is 2.15 bits per heavy atom. The van der Waals surface area contributed by atoms with Crippen LogP contribution in [0.25, 0.3) is 0 Å². The minimum absolute atomic E-state index is 0.305. The molecule has 0 N–H and O–H groups in total. The van der Waals surface area contributed by atoms with Gasteiger partial charge in [0.2, 0.25) is 0 Å². The highest BCUT2D eigenvalue weighted by Crippen LogP contribution is 2.24. The van der Waals surface area contributed by atoms with Crippen molar-refractivity contribution in [2.24, 2.45) is 0 Å². The average Bonchev–Trinajstić information content (AvgIpc) is 2.12. The van der Waals surface area contributed by atoms with E-state index in [9.17, 15) is 4.79 Å². The van der Waals surface area contributed by atoms with Crippen molar-refractivity contribution in [2.75, 3.05) is 7.11 Å². The predicted octanol–water partition coefficient (Wildman–Crippen LogP) is 3.15. The summed E-state index contributed by atoms with van der Waals surface area (Å²) in [6.45, 7) is 1.96. The molecule has 0 saturated heterocycles. The third-order valence-corrected chi connectivity index (χ3v) is 4.43. The molecule has 0 aliphatic rings.